The summed E-state index contributed by atoms with van der Waals surface area (Å²) in [5.41, 5.74) is 11.9. The van der Waals surface area contributed by atoms with Gasteiger partial charge < -0.3 is 4.90 Å². The summed E-state index contributed by atoms with van der Waals surface area (Å²) in [7, 11) is 0. The van der Waals surface area contributed by atoms with E-state index in [2.05, 4.69) is 138 Å². The van der Waals surface area contributed by atoms with Crippen molar-refractivity contribution < 1.29 is 0 Å². The van der Waals surface area contributed by atoms with Gasteiger partial charge >= 0.3 is 0 Å². The number of benzene rings is 6. The van der Waals surface area contributed by atoms with Gasteiger partial charge in [0, 0.05) is 23.1 Å². The number of aryl methyl sites for hydroxylation is 1. The number of anilines is 4. The van der Waals surface area contributed by atoms with Crippen molar-refractivity contribution in [2.45, 2.75) is 25.7 Å². The summed E-state index contributed by atoms with van der Waals surface area (Å²) in [6.45, 7) is 0. The van der Waals surface area contributed by atoms with Gasteiger partial charge in [0.2, 0.25) is 0 Å². The molecule has 0 aromatic heterocycles. The van der Waals surface area contributed by atoms with Crippen molar-refractivity contribution in [2.75, 3.05) is 9.91 Å². The summed E-state index contributed by atoms with van der Waals surface area (Å²) >= 11 is 0. The zero-order chi connectivity index (χ0) is 31.0. The Balaban J connectivity index is 1.29. The van der Waals surface area contributed by atoms with Gasteiger partial charge in [0.25, 0.3) is 0 Å². The number of hydrazone groups is 1. The lowest BCUT2D eigenvalue weighted by Gasteiger charge is -2.29. The minimum absolute atomic E-state index is 1.01. The zero-order valence-corrected chi connectivity index (χ0v) is 25.9. The van der Waals surface area contributed by atoms with Crippen molar-refractivity contribution in [1.29, 1.82) is 0 Å². The lowest BCUT2D eigenvalue weighted by molar-refractivity contribution is 0.685. The minimum atomic E-state index is 1.01. The second kappa shape index (κ2) is 14.0. The number of rotatable bonds is 9. The number of fused-ring (bicyclic) bond motifs is 1. The number of hydrogen-bond acceptors (Lipinski definition) is 3. The molecular formula is C43H37N3. The molecule has 46 heavy (non-hydrogen) atoms. The molecule has 0 heterocycles. The maximum absolute atomic E-state index is 4.94. The van der Waals surface area contributed by atoms with Crippen molar-refractivity contribution in [1.82, 2.24) is 0 Å². The van der Waals surface area contributed by atoms with Crippen molar-refractivity contribution in [3.63, 3.8) is 0 Å². The first-order valence-corrected chi connectivity index (χ1v) is 16.1. The van der Waals surface area contributed by atoms with Crippen molar-refractivity contribution >= 4 is 34.5 Å². The molecule has 7 rings (SSSR count). The van der Waals surface area contributed by atoms with Crippen LogP contribution in [-0.2, 0) is 12.8 Å². The largest absolute Gasteiger partial charge is 0.316 e. The minimum Gasteiger partial charge on any atom is -0.316 e. The summed E-state index contributed by atoms with van der Waals surface area (Å²) in [6.07, 6.45) is 8.97. The van der Waals surface area contributed by atoms with Crippen molar-refractivity contribution in [3.8, 4) is 0 Å². The molecule has 6 aromatic rings. The Morgan fingerprint density at radius 2 is 1.04 bits per heavy atom. The molecule has 6 aromatic carbocycles. The highest BCUT2D eigenvalue weighted by Gasteiger charge is 2.19. The van der Waals surface area contributed by atoms with Gasteiger partial charge in [-0.2, -0.15) is 5.10 Å². The Kier molecular flexibility index (Phi) is 8.82. The third-order valence-corrected chi connectivity index (χ3v) is 8.55. The van der Waals surface area contributed by atoms with Crippen LogP contribution in [0.25, 0.3) is 5.57 Å². The fraction of sp³-hybridized carbons (Fsp3) is 0.0930. The Hall–Kier alpha value is -5.67. The average molecular weight is 596 g/mol. The molecule has 3 heteroatoms. The van der Waals surface area contributed by atoms with Gasteiger partial charge in [0.1, 0.15) is 0 Å². The highest BCUT2D eigenvalue weighted by Crippen LogP contribution is 2.37. The topological polar surface area (TPSA) is 18.8 Å². The molecule has 3 nitrogen and oxygen atoms in total. The van der Waals surface area contributed by atoms with Crippen LogP contribution in [0.3, 0.4) is 0 Å². The molecule has 0 amide bonds. The molecular weight excluding hydrogens is 558 g/mol. The van der Waals surface area contributed by atoms with E-state index in [0.717, 1.165) is 35.5 Å². The average Bonchev–Trinajstić information content (AvgIpc) is 3.14. The van der Waals surface area contributed by atoms with Crippen LogP contribution in [0.1, 0.15) is 40.7 Å². The summed E-state index contributed by atoms with van der Waals surface area (Å²) in [5.74, 6) is 0. The van der Waals surface area contributed by atoms with Gasteiger partial charge in [-0.25, -0.2) is 5.01 Å². The molecule has 0 atom stereocenters. The van der Waals surface area contributed by atoms with Crippen LogP contribution in [0, 0.1) is 0 Å². The van der Waals surface area contributed by atoms with Gasteiger partial charge in [0.05, 0.1) is 17.6 Å². The lowest BCUT2D eigenvalue weighted by atomic mass is 9.90. The molecule has 0 fully saturated rings. The molecule has 1 aliphatic carbocycles. The van der Waals surface area contributed by atoms with Crippen molar-refractivity contribution in [3.05, 3.63) is 198 Å². The van der Waals surface area contributed by atoms with Gasteiger partial charge in [-0.15, -0.1) is 0 Å². The number of nitrogens with zero attached hydrogens (tertiary/aromatic N) is 3. The van der Waals surface area contributed by atoms with E-state index in [4.69, 9.17) is 5.10 Å². The quantitative estimate of drug-likeness (QED) is 0.122. The first kappa shape index (κ1) is 29.1. The predicted molar refractivity (Wildman–Crippen MR) is 194 cm³/mol. The van der Waals surface area contributed by atoms with Gasteiger partial charge in [0.15, 0.2) is 0 Å². The van der Waals surface area contributed by atoms with Crippen LogP contribution in [0.15, 0.2) is 175 Å². The summed E-state index contributed by atoms with van der Waals surface area (Å²) in [4.78, 5) is 2.39. The molecule has 1 aliphatic rings. The van der Waals surface area contributed by atoms with E-state index in [0.29, 0.717) is 0 Å². The second-order valence-electron chi connectivity index (χ2n) is 11.6. The standard InChI is InChI=1S/C43H37N3/c1-5-16-36(17-6-1)42(37-18-7-2-8-19-37)33-45(43-27-15-21-35-20-13-14-26-41(35)43)38-30-28-34(29-31-38)32-44-46(39-22-9-3-10-23-39)40-24-11-4-12-25-40/h1-12,15-19,21-25,27-33H,13-14,20,26H2. The molecule has 0 saturated carbocycles. The molecule has 0 spiro atoms. The van der Waals surface area contributed by atoms with Crippen molar-refractivity contribution in [2.24, 2.45) is 5.10 Å². The molecule has 0 radical (unpaired) electrons. The van der Waals surface area contributed by atoms with Crippen LogP contribution in [0.5, 0.6) is 0 Å². The molecule has 0 saturated heterocycles. The highest BCUT2D eigenvalue weighted by molar-refractivity contribution is 5.86. The maximum atomic E-state index is 4.94. The van der Waals surface area contributed by atoms with Gasteiger partial charge in [-0.3, -0.25) is 0 Å². The van der Waals surface area contributed by atoms with Crippen LogP contribution >= 0.6 is 0 Å². The Morgan fingerprint density at radius 1 is 0.500 bits per heavy atom. The van der Waals surface area contributed by atoms with Crippen LogP contribution in [0.2, 0.25) is 0 Å². The summed E-state index contributed by atoms with van der Waals surface area (Å²) < 4.78 is 0. The SMILES string of the molecule is C(=NN(c1ccccc1)c1ccccc1)c1ccc(N(C=C(c2ccccc2)c2ccccc2)c2cccc3c2CCCC3)cc1. The van der Waals surface area contributed by atoms with Crippen LogP contribution in [-0.4, -0.2) is 6.21 Å². The smallest absolute Gasteiger partial charge is 0.0652 e. The monoisotopic (exact) mass is 595 g/mol. The number of hydrogen-bond donors (Lipinski definition) is 0. The summed E-state index contributed by atoms with van der Waals surface area (Å²) in [6, 6.07) is 57.5. The van der Waals surface area contributed by atoms with Crippen LogP contribution < -0.4 is 9.91 Å². The Labute approximate surface area is 272 Å². The van der Waals surface area contributed by atoms with E-state index >= 15 is 0 Å². The normalized spacial score (nSPS) is 12.3. The Bertz CT molecular complexity index is 1830. The first-order valence-electron chi connectivity index (χ1n) is 16.1. The number of para-hydroxylation sites is 2. The highest BCUT2D eigenvalue weighted by atomic mass is 15.5. The fourth-order valence-electron chi connectivity index (χ4n) is 6.22. The predicted octanol–water partition coefficient (Wildman–Crippen LogP) is 11.0. The Morgan fingerprint density at radius 3 is 1.63 bits per heavy atom. The lowest BCUT2D eigenvalue weighted by Crippen LogP contribution is -2.15. The molecule has 0 N–H and O–H groups in total. The first-order chi connectivity index (χ1) is 22.8. The van der Waals surface area contributed by atoms with Gasteiger partial charge in [-0.05, 0) is 96.0 Å². The third-order valence-electron chi connectivity index (χ3n) is 8.55. The second-order valence-corrected chi connectivity index (χ2v) is 11.6. The van der Waals surface area contributed by atoms with Crippen LogP contribution in [0.4, 0.5) is 22.7 Å². The van der Waals surface area contributed by atoms with E-state index in [-0.39, 0.29) is 0 Å². The fourth-order valence-corrected chi connectivity index (χ4v) is 6.22. The molecule has 0 bridgehead atoms. The van der Waals surface area contributed by atoms with E-state index in [1.165, 1.54) is 46.4 Å². The zero-order valence-electron chi connectivity index (χ0n) is 25.9. The van der Waals surface area contributed by atoms with E-state index in [9.17, 15) is 0 Å². The maximum Gasteiger partial charge on any atom is 0.0652 e. The van der Waals surface area contributed by atoms with E-state index in [1.807, 2.05) is 47.6 Å². The molecule has 0 aliphatic heterocycles. The summed E-state index contributed by atoms with van der Waals surface area (Å²) in [5, 5.41) is 6.91. The third kappa shape index (κ3) is 6.55. The van der Waals surface area contributed by atoms with Gasteiger partial charge in [-0.1, -0.05) is 121 Å². The molecule has 0 unspecified atom stereocenters. The van der Waals surface area contributed by atoms with E-state index < -0.39 is 0 Å². The molecule has 224 valence electrons. The van der Waals surface area contributed by atoms with E-state index in [1.54, 1.807) is 0 Å².